The zero-order chi connectivity index (χ0) is 27.8. The third-order valence-corrected chi connectivity index (χ3v) is 7.32. The van der Waals surface area contributed by atoms with Crippen molar-refractivity contribution in [2.24, 2.45) is 12.9 Å². The molecular weight excluding hydrogens is 466 g/mol. The number of rotatable bonds is 6. The molecule has 9 heteroatoms. The first-order valence-electron chi connectivity index (χ1n) is 14.1. The van der Waals surface area contributed by atoms with Crippen molar-refractivity contribution in [3.63, 3.8) is 0 Å². The number of carbonyl (C=O) groups excluding carboxylic acids is 1. The summed E-state index contributed by atoms with van der Waals surface area (Å²) in [5, 5.41) is 12.1. The molecule has 0 unspecified atom stereocenters. The second-order valence-electron chi connectivity index (χ2n) is 10.1. The highest BCUT2D eigenvalue weighted by atomic mass is 16.1. The van der Waals surface area contributed by atoms with Gasteiger partial charge in [0, 0.05) is 65.8 Å². The van der Waals surface area contributed by atoms with Gasteiger partial charge < -0.3 is 9.88 Å². The first-order chi connectivity index (χ1) is 19.2. The third kappa shape index (κ3) is 3.73. The number of amides is 1. The molecule has 7 rings (SSSR count). The lowest BCUT2D eigenvalue weighted by molar-refractivity contribution is 0.0964. The van der Waals surface area contributed by atoms with Gasteiger partial charge >= 0.3 is 0 Å². The van der Waals surface area contributed by atoms with E-state index in [-0.39, 0.29) is 11.5 Å². The summed E-state index contributed by atoms with van der Waals surface area (Å²) in [6, 6.07) is 8.93. The molecule has 1 N–H and O–H groups in total. The molecule has 2 saturated carbocycles. The number of nitrogens with one attached hydrogen (secondary N) is 1. The van der Waals surface area contributed by atoms with Gasteiger partial charge in [0.15, 0.2) is 0 Å². The summed E-state index contributed by atoms with van der Waals surface area (Å²) in [6.45, 7) is -1.73. The zero-order valence-corrected chi connectivity index (χ0v) is 20.3. The van der Waals surface area contributed by atoms with Crippen LogP contribution in [0, 0.1) is 5.92 Å². The Morgan fingerprint density at radius 3 is 2.70 bits per heavy atom. The van der Waals surface area contributed by atoms with Gasteiger partial charge in [-0.05, 0) is 55.9 Å². The van der Waals surface area contributed by atoms with Crippen LogP contribution in [0.2, 0.25) is 0 Å². The molecule has 1 amide bonds. The number of carbonyl (C=O) groups is 1. The highest BCUT2D eigenvalue weighted by molar-refractivity contribution is 6.08. The molecule has 5 aromatic rings. The fourth-order valence-electron chi connectivity index (χ4n) is 5.04. The van der Waals surface area contributed by atoms with E-state index in [9.17, 15) is 9.59 Å². The van der Waals surface area contributed by atoms with Gasteiger partial charge in [0.25, 0.3) is 11.5 Å². The molecule has 1 aromatic carbocycles. The van der Waals surface area contributed by atoms with Crippen molar-refractivity contribution < 1.29 is 8.91 Å². The fourth-order valence-corrected chi connectivity index (χ4v) is 5.04. The minimum absolute atomic E-state index is 0.292. The second-order valence-corrected chi connectivity index (χ2v) is 10.1. The molecule has 0 atom stereocenters. The van der Waals surface area contributed by atoms with Crippen LogP contribution in [0.25, 0.3) is 38.8 Å². The first kappa shape index (κ1) is 18.9. The molecule has 186 valence electrons. The van der Waals surface area contributed by atoms with E-state index in [1.807, 2.05) is 16.7 Å². The Bertz CT molecular complexity index is 1860. The number of aryl methyl sites for hydroxylation is 1. The number of pyridine rings is 1. The van der Waals surface area contributed by atoms with Gasteiger partial charge in [0.1, 0.15) is 5.52 Å². The average molecular weight is 497 g/mol. The summed E-state index contributed by atoms with van der Waals surface area (Å²) in [7, 11) is 1.57. The summed E-state index contributed by atoms with van der Waals surface area (Å²) in [4.78, 5) is 31.9. The molecule has 37 heavy (non-hydrogen) atoms. The van der Waals surface area contributed by atoms with Crippen LogP contribution in [0.3, 0.4) is 0 Å². The third-order valence-electron chi connectivity index (χ3n) is 7.32. The van der Waals surface area contributed by atoms with Gasteiger partial charge in [-0.25, -0.2) is 0 Å². The van der Waals surface area contributed by atoms with Gasteiger partial charge in [0.2, 0.25) is 0 Å². The quantitative estimate of drug-likeness (QED) is 0.386. The Balaban J connectivity index is 1.48. The van der Waals surface area contributed by atoms with Gasteiger partial charge in [-0.15, -0.1) is 0 Å². The SMILES string of the molecule is [2H]C([2H])([2H])n1cc2cc(-n3nc4c(C(=O)NC)cn(CC5CC5)c4c(-c4ccc(C5CC5)nc4)c3=O)ccc2n1. The molecule has 4 aromatic heterocycles. The molecule has 0 saturated heterocycles. The summed E-state index contributed by atoms with van der Waals surface area (Å²) >= 11 is 0. The van der Waals surface area contributed by atoms with Gasteiger partial charge in [-0.2, -0.15) is 14.9 Å². The molecule has 4 heterocycles. The van der Waals surface area contributed by atoms with Crippen LogP contribution in [-0.2, 0) is 13.5 Å². The Morgan fingerprint density at radius 1 is 1.14 bits per heavy atom. The van der Waals surface area contributed by atoms with Crippen molar-refractivity contribution in [1.29, 1.82) is 0 Å². The molecule has 0 spiro atoms. The fraction of sp³-hybridized carbons (Fsp3) is 0.321. The molecule has 0 radical (unpaired) electrons. The molecule has 9 nitrogen and oxygen atoms in total. The van der Waals surface area contributed by atoms with E-state index in [2.05, 4.69) is 15.4 Å². The molecule has 2 fully saturated rings. The number of aromatic nitrogens is 6. The summed E-state index contributed by atoms with van der Waals surface area (Å²) in [5.41, 5.74) is 4.08. The second kappa shape index (κ2) is 8.12. The van der Waals surface area contributed by atoms with Crippen LogP contribution in [0.1, 0.15) is 51.8 Å². The molecule has 2 aliphatic rings. The lowest BCUT2D eigenvalue weighted by Gasteiger charge is -2.13. The standard InChI is InChI=1S/C28H27N7O2/c1-29-27(36)21-15-34(13-16-3-4-16)26-24(18-7-9-22(30-12-18)17-5-6-17)28(37)35(32-25(21)26)20-8-10-23-19(11-20)14-33(2)31-23/h7-12,14-17H,3-6,13H2,1-2H3,(H,29,36)/i2D3. The summed E-state index contributed by atoms with van der Waals surface area (Å²) in [6.07, 6.45) is 9.42. The van der Waals surface area contributed by atoms with Crippen LogP contribution < -0.4 is 10.9 Å². The Morgan fingerprint density at radius 2 is 2.00 bits per heavy atom. The van der Waals surface area contributed by atoms with Crippen LogP contribution in [0.15, 0.2) is 53.7 Å². The first-order valence-corrected chi connectivity index (χ1v) is 12.6. The van der Waals surface area contributed by atoms with Crippen molar-refractivity contribution in [2.45, 2.75) is 38.1 Å². The zero-order valence-electron chi connectivity index (χ0n) is 23.3. The van der Waals surface area contributed by atoms with Crippen molar-refractivity contribution in [1.82, 2.24) is 34.4 Å². The molecule has 2 aliphatic carbocycles. The van der Waals surface area contributed by atoms with E-state index in [1.165, 1.54) is 10.9 Å². The predicted molar refractivity (Wildman–Crippen MR) is 141 cm³/mol. The highest BCUT2D eigenvalue weighted by Crippen LogP contribution is 2.40. The topological polar surface area (TPSA) is 99.6 Å². The van der Waals surface area contributed by atoms with E-state index in [0.29, 0.717) is 62.7 Å². The van der Waals surface area contributed by atoms with Gasteiger partial charge in [-0.1, -0.05) is 6.07 Å². The highest BCUT2D eigenvalue weighted by Gasteiger charge is 2.29. The van der Waals surface area contributed by atoms with Crippen LogP contribution >= 0.6 is 0 Å². The Labute approximate surface area is 216 Å². The van der Waals surface area contributed by atoms with Gasteiger partial charge in [0.05, 0.1) is 27.8 Å². The maximum Gasteiger partial charge on any atom is 0.281 e. The maximum absolute atomic E-state index is 14.3. The van der Waals surface area contributed by atoms with Crippen molar-refractivity contribution in [3.05, 3.63) is 70.5 Å². The van der Waals surface area contributed by atoms with Gasteiger partial charge in [-0.3, -0.25) is 19.3 Å². The minimum Gasteiger partial charge on any atom is -0.355 e. The van der Waals surface area contributed by atoms with E-state index in [1.54, 1.807) is 37.6 Å². The maximum atomic E-state index is 14.3. The predicted octanol–water partition coefficient (Wildman–Crippen LogP) is 3.78. The number of nitrogens with zero attached hydrogens (tertiary/aromatic N) is 6. The summed E-state index contributed by atoms with van der Waals surface area (Å²) < 4.78 is 27.2. The number of hydrogen-bond donors (Lipinski definition) is 1. The largest absolute Gasteiger partial charge is 0.355 e. The molecular formula is C28H27N7O2. The Hall–Kier alpha value is -4.27. The minimum atomic E-state index is -2.42. The number of benzene rings is 1. The lowest BCUT2D eigenvalue weighted by Crippen LogP contribution is -2.25. The normalized spacial score (nSPS) is 17.1. The summed E-state index contributed by atoms with van der Waals surface area (Å²) in [5.74, 6) is 0.681. The average Bonchev–Trinajstić information content (AvgIpc) is 3.87. The molecule has 0 bridgehead atoms. The van der Waals surface area contributed by atoms with Crippen molar-refractivity contribution in [2.75, 3.05) is 7.05 Å². The lowest BCUT2D eigenvalue weighted by atomic mass is 10.1. The van der Waals surface area contributed by atoms with E-state index < -0.39 is 6.98 Å². The van der Waals surface area contributed by atoms with Crippen LogP contribution in [0.4, 0.5) is 0 Å². The van der Waals surface area contributed by atoms with E-state index in [0.717, 1.165) is 36.1 Å². The number of hydrogen-bond acceptors (Lipinski definition) is 5. The van der Waals surface area contributed by atoms with Crippen LogP contribution in [-0.4, -0.2) is 42.1 Å². The smallest absolute Gasteiger partial charge is 0.281 e. The van der Waals surface area contributed by atoms with E-state index >= 15 is 0 Å². The monoisotopic (exact) mass is 496 g/mol. The van der Waals surface area contributed by atoms with E-state index in [4.69, 9.17) is 9.21 Å². The number of fused-ring (bicyclic) bond motifs is 2. The van der Waals surface area contributed by atoms with Crippen LogP contribution in [0.5, 0.6) is 0 Å². The van der Waals surface area contributed by atoms with Crippen molar-refractivity contribution >= 4 is 27.8 Å². The van der Waals surface area contributed by atoms with Crippen molar-refractivity contribution in [3.8, 4) is 16.8 Å². The molecule has 0 aliphatic heterocycles. The Kier molecular flexibility index (Phi) is 4.16.